The Hall–Kier alpha value is -1.11. The van der Waals surface area contributed by atoms with Gasteiger partial charge in [-0.15, -0.1) is 0 Å². The molecule has 1 saturated heterocycles. The SMILES string of the molecule is CSC[C@H]1CCN(S(=O)(=O)c2cccc3ccc(C)nc23)C1. The van der Waals surface area contributed by atoms with Gasteiger partial charge in [0.2, 0.25) is 10.0 Å². The van der Waals surface area contributed by atoms with Crippen LogP contribution in [0.25, 0.3) is 10.9 Å². The Kier molecular flexibility index (Phi) is 4.43. The van der Waals surface area contributed by atoms with E-state index in [2.05, 4.69) is 11.2 Å². The molecule has 0 N–H and O–H groups in total. The maximum absolute atomic E-state index is 13.0. The number of para-hydroxylation sites is 1. The van der Waals surface area contributed by atoms with E-state index in [4.69, 9.17) is 0 Å². The Morgan fingerprint density at radius 1 is 1.32 bits per heavy atom. The summed E-state index contributed by atoms with van der Waals surface area (Å²) in [5.41, 5.74) is 1.41. The van der Waals surface area contributed by atoms with Crippen molar-refractivity contribution in [3.05, 3.63) is 36.0 Å². The molecular formula is C16H20N2O2S2. The molecule has 2 aromatic rings. The number of aromatic nitrogens is 1. The predicted octanol–water partition coefficient (Wildman–Crippen LogP) is 2.92. The summed E-state index contributed by atoms with van der Waals surface area (Å²) in [5, 5.41) is 0.867. The van der Waals surface area contributed by atoms with Crippen molar-refractivity contribution in [2.24, 2.45) is 5.92 Å². The molecule has 0 bridgehead atoms. The lowest BCUT2D eigenvalue weighted by Gasteiger charge is -2.17. The fourth-order valence-electron chi connectivity index (χ4n) is 2.95. The molecule has 1 aromatic carbocycles. The highest BCUT2D eigenvalue weighted by molar-refractivity contribution is 7.98. The van der Waals surface area contributed by atoms with Crippen LogP contribution in [0.3, 0.4) is 0 Å². The Morgan fingerprint density at radius 3 is 2.91 bits per heavy atom. The smallest absolute Gasteiger partial charge is 0.245 e. The fourth-order valence-corrected chi connectivity index (χ4v) is 5.38. The monoisotopic (exact) mass is 336 g/mol. The van der Waals surface area contributed by atoms with Crippen LogP contribution in [-0.2, 0) is 10.0 Å². The van der Waals surface area contributed by atoms with Gasteiger partial charge in [-0.25, -0.2) is 8.42 Å². The van der Waals surface area contributed by atoms with Crippen LogP contribution in [0.2, 0.25) is 0 Å². The van der Waals surface area contributed by atoms with E-state index in [0.717, 1.165) is 23.3 Å². The molecule has 2 heterocycles. The average Bonchev–Trinajstić information content (AvgIpc) is 2.96. The number of hydrogen-bond donors (Lipinski definition) is 0. The van der Waals surface area contributed by atoms with Gasteiger partial charge in [0, 0.05) is 24.2 Å². The number of thioether (sulfide) groups is 1. The maximum Gasteiger partial charge on any atom is 0.245 e. The molecule has 4 nitrogen and oxygen atoms in total. The van der Waals surface area contributed by atoms with Crippen LogP contribution in [0.5, 0.6) is 0 Å². The molecular weight excluding hydrogens is 316 g/mol. The molecule has 0 unspecified atom stereocenters. The molecule has 1 aromatic heterocycles. The third-order valence-corrected chi connectivity index (χ3v) is 6.79. The molecule has 118 valence electrons. The van der Waals surface area contributed by atoms with E-state index in [1.807, 2.05) is 25.1 Å². The van der Waals surface area contributed by atoms with Gasteiger partial charge in [-0.3, -0.25) is 4.98 Å². The number of fused-ring (bicyclic) bond motifs is 1. The highest BCUT2D eigenvalue weighted by Crippen LogP contribution is 2.29. The summed E-state index contributed by atoms with van der Waals surface area (Å²) in [5.74, 6) is 1.47. The molecule has 3 rings (SSSR count). The molecule has 1 aliphatic rings. The first-order valence-corrected chi connectivity index (χ1v) is 10.2. The first-order chi connectivity index (χ1) is 10.5. The van der Waals surface area contributed by atoms with Gasteiger partial charge >= 0.3 is 0 Å². The van der Waals surface area contributed by atoms with Crippen molar-refractivity contribution < 1.29 is 8.42 Å². The quantitative estimate of drug-likeness (QED) is 0.861. The lowest BCUT2D eigenvalue weighted by molar-refractivity contribution is 0.466. The lowest BCUT2D eigenvalue weighted by atomic mass is 10.2. The normalized spacial score (nSPS) is 19.8. The fraction of sp³-hybridized carbons (Fsp3) is 0.438. The van der Waals surface area contributed by atoms with Gasteiger partial charge in [-0.1, -0.05) is 18.2 Å². The molecule has 0 aliphatic carbocycles. The van der Waals surface area contributed by atoms with Gasteiger partial charge < -0.3 is 0 Å². The number of rotatable bonds is 4. The first kappa shape index (κ1) is 15.8. The van der Waals surface area contributed by atoms with Crippen LogP contribution in [0.4, 0.5) is 0 Å². The van der Waals surface area contributed by atoms with E-state index in [1.165, 1.54) is 0 Å². The number of pyridine rings is 1. The van der Waals surface area contributed by atoms with Crippen molar-refractivity contribution in [2.75, 3.05) is 25.1 Å². The first-order valence-electron chi connectivity index (χ1n) is 7.38. The van der Waals surface area contributed by atoms with Gasteiger partial charge in [0.15, 0.2) is 0 Å². The summed E-state index contributed by atoms with van der Waals surface area (Å²) in [6, 6.07) is 9.20. The molecule has 0 spiro atoms. The van der Waals surface area contributed by atoms with Gasteiger partial charge in [0.1, 0.15) is 4.90 Å². The van der Waals surface area contributed by atoms with Gasteiger partial charge in [0.25, 0.3) is 0 Å². The summed E-state index contributed by atoms with van der Waals surface area (Å²) in [6.45, 7) is 3.11. The molecule has 1 fully saturated rings. The molecule has 22 heavy (non-hydrogen) atoms. The van der Waals surface area contributed by atoms with Crippen molar-refractivity contribution in [1.82, 2.24) is 9.29 Å². The van der Waals surface area contributed by atoms with Crippen LogP contribution < -0.4 is 0 Å². The van der Waals surface area contributed by atoms with Crippen LogP contribution in [0, 0.1) is 12.8 Å². The van der Waals surface area contributed by atoms with Gasteiger partial charge in [-0.2, -0.15) is 16.1 Å². The third-order valence-electron chi connectivity index (χ3n) is 4.09. The summed E-state index contributed by atoms with van der Waals surface area (Å²) >= 11 is 1.78. The summed E-state index contributed by atoms with van der Waals surface area (Å²) in [7, 11) is -3.47. The Labute approximate surface area is 136 Å². The number of aryl methyl sites for hydroxylation is 1. The molecule has 0 saturated carbocycles. The number of hydrogen-bond acceptors (Lipinski definition) is 4. The second-order valence-electron chi connectivity index (χ2n) is 5.75. The van der Waals surface area contributed by atoms with Gasteiger partial charge in [0.05, 0.1) is 5.52 Å². The number of sulfonamides is 1. The average molecular weight is 336 g/mol. The molecule has 6 heteroatoms. The minimum absolute atomic E-state index is 0.332. The third kappa shape index (κ3) is 2.87. The topological polar surface area (TPSA) is 50.3 Å². The van der Waals surface area contributed by atoms with Gasteiger partial charge in [-0.05, 0) is 43.4 Å². The van der Waals surface area contributed by atoms with Crippen molar-refractivity contribution in [3.8, 4) is 0 Å². The van der Waals surface area contributed by atoms with E-state index in [-0.39, 0.29) is 0 Å². The zero-order valence-corrected chi connectivity index (χ0v) is 14.5. The molecule has 1 aliphatic heterocycles. The largest absolute Gasteiger partial charge is 0.252 e. The van der Waals surface area contributed by atoms with E-state index in [0.29, 0.717) is 29.4 Å². The summed E-state index contributed by atoms with van der Waals surface area (Å²) < 4.78 is 27.6. The highest BCUT2D eigenvalue weighted by Gasteiger charge is 2.33. The minimum atomic E-state index is -3.47. The van der Waals surface area contributed by atoms with Crippen LogP contribution in [0.15, 0.2) is 35.2 Å². The van der Waals surface area contributed by atoms with E-state index in [9.17, 15) is 8.42 Å². The maximum atomic E-state index is 13.0. The Bertz CT molecular complexity index is 790. The summed E-state index contributed by atoms with van der Waals surface area (Å²) in [4.78, 5) is 4.79. The molecule has 1 atom stereocenters. The van der Waals surface area contributed by atoms with E-state index < -0.39 is 10.0 Å². The second-order valence-corrected chi connectivity index (χ2v) is 8.57. The van der Waals surface area contributed by atoms with Crippen molar-refractivity contribution in [3.63, 3.8) is 0 Å². The zero-order valence-electron chi connectivity index (χ0n) is 12.8. The standard InChI is InChI=1S/C16H20N2O2S2/c1-12-6-7-14-4-3-5-15(16(14)17-12)22(19,20)18-9-8-13(10-18)11-21-2/h3-7,13H,8-11H2,1-2H3/t13-/m0/s1. The summed E-state index contributed by atoms with van der Waals surface area (Å²) in [6.07, 6.45) is 3.01. The van der Waals surface area contributed by atoms with Crippen molar-refractivity contribution in [2.45, 2.75) is 18.2 Å². The lowest BCUT2D eigenvalue weighted by Crippen LogP contribution is -2.29. The van der Waals surface area contributed by atoms with E-state index in [1.54, 1.807) is 28.2 Å². The molecule has 0 amide bonds. The van der Waals surface area contributed by atoms with Crippen LogP contribution in [-0.4, -0.2) is 42.8 Å². The van der Waals surface area contributed by atoms with Crippen molar-refractivity contribution >= 4 is 32.7 Å². The predicted molar refractivity (Wildman–Crippen MR) is 91.7 cm³/mol. The van der Waals surface area contributed by atoms with E-state index >= 15 is 0 Å². The Morgan fingerprint density at radius 2 is 2.14 bits per heavy atom. The number of nitrogens with zero attached hydrogens (tertiary/aromatic N) is 2. The highest BCUT2D eigenvalue weighted by atomic mass is 32.2. The van der Waals surface area contributed by atoms with Crippen molar-refractivity contribution in [1.29, 1.82) is 0 Å². The minimum Gasteiger partial charge on any atom is -0.252 e. The Balaban J connectivity index is 2.01. The van der Waals surface area contributed by atoms with Crippen LogP contribution >= 0.6 is 11.8 Å². The van der Waals surface area contributed by atoms with Crippen LogP contribution in [0.1, 0.15) is 12.1 Å². The second kappa shape index (κ2) is 6.18. The zero-order chi connectivity index (χ0) is 15.7. The molecule has 0 radical (unpaired) electrons. The number of benzene rings is 1.